The molecule has 2 rings (SSSR count). The van der Waals surface area contributed by atoms with E-state index >= 15 is 0 Å². The lowest BCUT2D eigenvalue weighted by atomic mass is 10.1. The summed E-state index contributed by atoms with van der Waals surface area (Å²) in [5.74, 6) is 0.400. The van der Waals surface area contributed by atoms with Crippen LogP contribution in [0, 0.1) is 12.7 Å². The zero-order chi connectivity index (χ0) is 13.8. The van der Waals surface area contributed by atoms with Crippen molar-refractivity contribution in [1.29, 1.82) is 0 Å². The smallest absolute Gasteiger partial charge is 0.136 e. The minimum Gasteiger partial charge on any atom is -0.484 e. The fourth-order valence-electron chi connectivity index (χ4n) is 1.86. The summed E-state index contributed by atoms with van der Waals surface area (Å²) in [5.41, 5.74) is 7.35. The van der Waals surface area contributed by atoms with Gasteiger partial charge in [-0.25, -0.2) is 4.39 Å². The molecular weight excluding hydrogens is 265 g/mol. The van der Waals surface area contributed by atoms with Crippen molar-refractivity contribution in [3.63, 3.8) is 0 Å². The molecule has 19 heavy (non-hydrogen) atoms. The van der Waals surface area contributed by atoms with Crippen LogP contribution in [0.3, 0.4) is 0 Å². The van der Waals surface area contributed by atoms with Gasteiger partial charge >= 0.3 is 0 Å². The monoisotopic (exact) mass is 279 g/mol. The van der Waals surface area contributed by atoms with E-state index < -0.39 is 0 Å². The minimum absolute atomic E-state index is 0.269. The van der Waals surface area contributed by atoms with Gasteiger partial charge in [-0.05, 0) is 48.4 Å². The Kier molecular flexibility index (Phi) is 4.40. The third kappa shape index (κ3) is 3.46. The highest BCUT2D eigenvalue weighted by Crippen LogP contribution is 2.27. The zero-order valence-corrected chi connectivity index (χ0v) is 11.3. The second-order valence-corrected chi connectivity index (χ2v) is 4.74. The lowest BCUT2D eigenvalue weighted by molar-refractivity contribution is 0.212. The molecule has 0 bridgehead atoms. The lowest BCUT2D eigenvalue weighted by Crippen LogP contribution is -2.19. The van der Waals surface area contributed by atoms with Gasteiger partial charge in [0.05, 0.1) is 0 Å². The van der Waals surface area contributed by atoms with Crippen LogP contribution in [0.4, 0.5) is 4.39 Å². The van der Waals surface area contributed by atoms with Crippen LogP contribution >= 0.6 is 11.6 Å². The molecule has 0 fully saturated rings. The average Bonchev–Trinajstić information content (AvgIpc) is 2.38. The molecule has 0 aliphatic rings. The fraction of sp³-hybridized carbons (Fsp3) is 0.200. The quantitative estimate of drug-likeness (QED) is 0.922. The highest BCUT2D eigenvalue weighted by molar-refractivity contribution is 6.30. The number of nitrogens with two attached hydrogens (primary N) is 1. The van der Waals surface area contributed by atoms with Gasteiger partial charge in [0.25, 0.3) is 0 Å². The summed E-state index contributed by atoms with van der Waals surface area (Å²) >= 11 is 5.90. The van der Waals surface area contributed by atoms with E-state index in [-0.39, 0.29) is 18.5 Å². The largest absolute Gasteiger partial charge is 0.484 e. The maximum absolute atomic E-state index is 13.2. The van der Waals surface area contributed by atoms with Crippen molar-refractivity contribution in [3.8, 4) is 5.75 Å². The lowest BCUT2D eigenvalue weighted by Gasteiger charge is -2.19. The van der Waals surface area contributed by atoms with E-state index in [1.807, 2.05) is 13.0 Å². The van der Waals surface area contributed by atoms with Crippen molar-refractivity contribution in [3.05, 3.63) is 64.4 Å². The van der Waals surface area contributed by atoms with E-state index in [0.29, 0.717) is 10.8 Å². The van der Waals surface area contributed by atoms with Crippen molar-refractivity contribution in [2.75, 3.05) is 6.54 Å². The van der Waals surface area contributed by atoms with Crippen LogP contribution in [0.2, 0.25) is 5.02 Å². The number of aryl methyl sites for hydroxylation is 1. The topological polar surface area (TPSA) is 35.2 Å². The van der Waals surface area contributed by atoms with Crippen molar-refractivity contribution < 1.29 is 9.13 Å². The van der Waals surface area contributed by atoms with Crippen LogP contribution in [0.15, 0.2) is 42.5 Å². The summed E-state index contributed by atoms with van der Waals surface area (Å²) in [6, 6.07) is 11.6. The molecule has 0 heterocycles. The highest BCUT2D eigenvalue weighted by atomic mass is 35.5. The third-order valence-electron chi connectivity index (χ3n) is 2.84. The molecule has 0 radical (unpaired) electrons. The first-order valence-electron chi connectivity index (χ1n) is 5.98. The van der Waals surface area contributed by atoms with E-state index in [2.05, 4.69) is 0 Å². The molecule has 0 aliphatic heterocycles. The van der Waals surface area contributed by atoms with Gasteiger partial charge in [-0.15, -0.1) is 0 Å². The molecule has 4 heteroatoms. The number of hydrogen-bond acceptors (Lipinski definition) is 2. The van der Waals surface area contributed by atoms with Crippen molar-refractivity contribution in [1.82, 2.24) is 0 Å². The Balaban J connectivity index is 2.24. The van der Waals surface area contributed by atoms with Gasteiger partial charge in [0.15, 0.2) is 0 Å². The summed E-state index contributed by atoms with van der Waals surface area (Å²) < 4.78 is 19.1. The van der Waals surface area contributed by atoms with E-state index in [1.54, 1.807) is 24.3 Å². The Bertz CT molecular complexity index is 574. The Morgan fingerprint density at radius 2 is 2.05 bits per heavy atom. The number of rotatable bonds is 4. The minimum atomic E-state index is -0.379. The molecule has 100 valence electrons. The van der Waals surface area contributed by atoms with Crippen molar-refractivity contribution in [2.24, 2.45) is 5.73 Å². The molecule has 0 aliphatic carbocycles. The van der Waals surface area contributed by atoms with Crippen LogP contribution < -0.4 is 10.5 Å². The van der Waals surface area contributed by atoms with Crippen molar-refractivity contribution >= 4 is 11.6 Å². The Labute approximate surface area is 117 Å². The van der Waals surface area contributed by atoms with Gasteiger partial charge in [0.1, 0.15) is 17.7 Å². The number of hydrogen-bond donors (Lipinski definition) is 1. The Morgan fingerprint density at radius 3 is 2.68 bits per heavy atom. The second kappa shape index (κ2) is 6.04. The number of benzene rings is 2. The number of ether oxygens (including phenoxy) is 1. The van der Waals surface area contributed by atoms with E-state index in [1.165, 1.54) is 12.1 Å². The molecule has 2 aromatic rings. The first kappa shape index (κ1) is 13.8. The number of halogens is 2. The van der Waals surface area contributed by atoms with Crippen LogP contribution in [-0.4, -0.2) is 6.54 Å². The molecule has 1 unspecified atom stereocenters. The predicted molar refractivity (Wildman–Crippen MR) is 75.0 cm³/mol. The van der Waals surface area contributed by atoms with Crippen molar-refractivity contribution in [2.45, 2.75) is 13.0 Å². The SMILES string of the molecule is Cc1cc(Cl)ccc1OC(CN)c1cccc(F)c1. The van der Waals surface area contributed by atoms with Gasteiger partial charge < -0.3 is 10.5 Å². The maximum Gasteiger partial charge on any atom is 0.136 e. The molecule has 0 aromatic heterocycles. The van der Waals surface area contributed by atoms with Crippen LogP contribution in [0.25, 0.3) is 0 Å². The second-order valence-electron chi connectivity index (χ2n) is 4.31. The first-order valence-corrected chi connectivity index (χ1v) is 6.36. The molecule has 0 saturated heterocycles. The average molecular weight is 280 g/mol. The Morgan fingerprint density at radius 1 is 1.26 bits per heavy atom. The van der Waals surface area contributed by atoms with Gasteiger partial charge in [0, 0.05) is 11.6 Å². The molecule has 0 amide bonds. The van der Waals surface area contributed by atoms with Gasteiger partial charge in [-0.3, -0.25) is 0 Å². The molecular formula is C15H15ClFNO. The molecule has 0 saturated carbocycles. The fourth-order valence-corrected chi connectivity index (χ4v) is 2.08. The van der Waals surface area contributed by atoms with Crippen LogP contribution in [0.1, 0.15) is 17.2 Å². The molecule has 1 atom stereocenters. The summed E-state index contributed by atoms with van der Waals surface area (Å²) in [7, 11) is 0. The van der Waals surface area contributed by atoms with Gasteiger partial charge in [-0.2, -0.15) is 0 Å². The summed E-state index contributed by atoms with van der Waals surface area (Å²) in [5, 5.41) is 0.653. The van der Waals surface area contributed by atoms with E-state index in [0.717, 1.165) is 11.1 Å². The highest BCUT2D eigenvalue weighted by Gasteiger charge is 2.13. The molecule has 2 aromatic carbocycles. The first-order chi connectivity index (χ1) is 9.10. The van der Waals surface area contributed by atoms with Gasteiger partial charge in [-0.1, -0.05) is 23.7 Å². The van der Waals surface area contributed by atoms with Crippen LogP contribution in [-0.2, 0) is 0 Å². The van der Waals surface area contributed by atoms with Gasteiger partial charge in [0.2, 0.25) is 0 Å². The molecule has 0 spiro atoms. The third-order valence-corrected chi connectivity index (χ3v) is 3.08. The normalized spacial score (nSPS) is 12.2. The molecule has 2 N–H and O–H groups in total. The summed E-state index contributed by atoms with van der Waals surface area (Å²) in [4.78, 5) is 0. The summed E-state index contributed by atoms with van der Waals surface area (Å²) in [6.07, 6.45) is -0.379. The predicted octanol–water partition coefficient (Wildman–Crippen LogP) is 3.87. The standard InChI is InChI=1S/C15H15ClFNO/c1-10-7-12(16)5-6-14(10)19-15(9-18)11-3-2-4-13(17)8-11/h2-8,15H,9,18H2,1H3. The van der Waals surface area contributed by atoms with E-state index in [9.17, 15) is 4.39 Å². The summed E-state index contributed by atoms with van der Waals surface area (Å²) in [6.45, 7) is 2.17. The van der Waals surface area contributed by atoms with E-state index in [4.69, 9.17) is 22.1 Å². The zero-order valence-electron chi connectivity index (χ0n) is 10.6. The van der Waals surface area contributed by atoms with Crippen LogP contribution in [0.5, 0.6) is 5.75 Å². The Hall–Kier alpha value is -1.58. The molecule has 2 nitrogen and oxygen atoms in total. The maximum atomic E-state index is 13.2.